The summed E-state index contributed by atoms with van der Waals surface area (Å²) in [6, 6.07) is 13.8. The fourth-order valence-corrected chi connectivity index (χ4v) is 4.35. The van der Waals surface area contributed by atoms with Crippen molar-refractivity contribution in [3.63, 3.8) is 0 Å². The Morgan fingerprint density at radius 2 is 2.00 bits per heavy atom. The zero-order valence-corrected chi connectivity index (χ0v) is 19.9. The second kappa shape index (κ2) is 8.65. The van der Waals surface area contributed by atoms with Crippen LogP contribution < -0.4 is 19.9 Å². The van der Waals surface area contributed by atoms with Crippen molar-refractivity contribution in [2.75, 3.05) is 7.11 Å². The number of aromatic nitrogens is 2. The van der Waals surface area contributed by atoms with E-state index < -0.39 is 5.92 Å². The van der Waals surface area contributed by atoms with Crippen LogP contribution in [0.15, 0.2) is 56.8 Å². The van der Waals surface area contributed by atoms with E-state index in [0.29, 0.717) is 34.0 Å². The number of nitrogens with two attached hydrogens (primary N) is 1. The summed E-state index contributed by atoms with van der Waals surface area (Å²) in [5.74, 6) is 1.06. The van der Waals surface area contributed by atoms with Gasteiger partial charge in [-0.25, -0.2) is 0 Å². The molecule has 0 saturated carbocycles. The van der Waals surface area contributed by atoms with Gasteiger partial charge in [0.05, 0.1) is 17.5 Å². The SMILES string of the molecule is COc1cc([C@H]2C(C#N)=C(N)Oc3n[nH]c(C)c32)cc(Br)c1OCc1ccc(Br)cc1. The van der Waals surface area contributed by atoms with E-state index in [1.807, 2.05) is 43.3 Å². The lowest BCUT2D eigenvalue weighted by molar-refractivity contribution is 0.282. The zero-order valence-electron chi connectivity index (χ0n) is 16.7. The molecule has 0 fully saturated rings. The van der Waals surface area contributed by atoms with Crippen molar-refractivity contribution >= 4 is 31.9 Å². The fourth-order valence-electron chi connectivity index (χ4n) is 3.51. The van der Waals surface area contributed by atoms with Crippen molar-refractivity contribution in [1.82, 2.24) is 10.2 Å². The molecule has 0 aliphatic carbocycles. The van der Waals surface area contributed by atoms with Crippen molar-refractivity contribution < 1.29 is 14.2 Å². The summed E-state index contributed by atoms with van der Waals surface area (Å²) in [4.78, 5) is 0. The molecule has 31 heavy (non-hydrogen) atoms. The predicted octanol–water partition coefficient (Wildman–Crippen LogP) is 5.05. The molecule has 0 saturated heterocycles. The van der Waals surface area contributed by atoms with Crippen molar-refractivity contribution in [2.24, 2.45) is 5.73 Å². The number of hydrogen-bond donors (Lipinski definition) is 2. The number of halogens is 2. The Morgan fingerprint density at radius 1 is 1.26 bits per heavy atom. The Bertz CT molecular complexity index is 1210. The van der Waals surface area contributed by atoms with Crippen LogP contribution in [0.1, 0.15) is 28.3 Å². The van der Waals surface area contributed by atoms with Gasteiger partial charge in [0.2, 0.25) is 11.8 Å². The summed E-state index contributed by atoms with van der Waals surface area (Å²) in [6.07, 6.45) is 0. The number of aromatic amines is 1. The third-order valence-electron chi connectivity index (χ3n) is 5.01. The zero-order chi connectivity index (χ0) is 22.1. The molecular formula is C22H18Br2N4O3. The maximum atomic E-state index is 9.76. The van der Waals surface area contributed by atoms with Crippen LogP contribution in [-0.4, -0.2) is 17.3 Å². The molecule has 0 unspecified atom stereocenters. The van der Waals surface area contributed by atoms with Crippen molar-refractivity contribution in [3.8, 4) is 23.4 Å². The van der Waals surface area contributed by atoms with Gasteiger partial charge < -0.3 is 19.9 Å². The van der Waals surface area contributed by atoms with Crippen LogP contribution in [0.25, 0.3) is 0 Å². The fraction of sp³-hybridized carbons (Fsp3) is 0.182. The number of benzene rings is 2. The van der Waals surface area contributed by atoms with Gasteiger partial charge in [0.1, 0.15) is 18.2 Å². The molecule has 1 aliphatic rings. The minimum Gasteiger partial charge on any atom is -0.493 e. The molecule has 4 rings (SSSR count). The van der Waals surface area contributed by atoms with Crippen LogP contribution in [0.4, 0.5) is 0 Å². The van der Waals surface area contributed by atoms with Crippen LogP contribution in [0.2, 0.25) is 0 Å². The number of fused-ring (bicyclic) bond motifs is 1. The molecule has 3 N–H and O–H groups in total. The molecule has 2 heterocycles. The Hall–Kier alpha value is -2.96. The van der Waals surface area contributed by atoms with E-state index in [4.69, 9.17) is 19.9 Å². The minimum absolute atomic E-state index is 0.0390. The van der Waals surface area contributed by atoms with E-state index in [2.05, 4.69) is 48.1 Å². The first-order chi connectivity index (χ1) is 14.9. The third-order valence-corrected chi connectivity index (χ3v) is 6.13. The number of aryl methyl sites for hydroxylation is 1. The smallest absolute Gasteiger partial charge is 0.244 e. The van der Waals surface area contributed by atoms with Gasteiger partial charge in [0.25, 0.3) is 0 Å². The largest absolute Gasteiger partial charge is 0.493 e. The highest BCUT2D eigenvalue weighted by molar-refractivity contribution is 9.10. The Morgan fingerprint density at radius 3 is 2.68 bits per heavy atom. The van der Waals surface area contributed by atoms with E-state index in [1.165, 1.54) is 0 Å². The molecule has 0 bridgehead atoms. The lowest BCUT2D eigenvalue weighted by Gasteiger charge is -2.25. The van der Waals surface area contributed by atoms with Gasteiger partial charge in [-0.1, -0.05) is 28.1 Å². The summed E-state index contributed by atoms with van der Waals surface area (Å²) in [5.41, 5.74) is 9.71. The average Bonchev–Trinajstić information content (AvgIpc) is 3.12. The molecule has 1 atom stereocenters. The van der Waals surface area contributed by atoms with Crippen molar-refractivity contribution in [2.45, 2.75) is 19.4 Å². The topological polar surface area (TPSA) is 106 Å². The van der Waals surface area contributed by atoms with E-state index in [0.717, 1.165) is 26.9 Å². The van der Waals surface area contributed by atoms with Gasteiger partial charge >= 0.3 is 0 Å². The molecule has 9 heteroatoms. The molecular weight excluding hydrogens is 528 g/mol. The van der Waals surface area contributed by atoms with Gasteiger partial charge in [-0.3, -0.25) is 5.10 Å². The van der Waals surface area contributed by atoms with Gasteiger partial charge in [0, 0.05) is 15.7 Å². The number of nitrogens with one attached hydrogen (secondary N) is 1. The van der Waals surface area contributed by atoms with Crippen molar-refractivity contribution in [1.29, 1.82) is 5.26 Å². The van der Waals surface area contributed by atoms with E-state index in [9.17, 15) is 5.26 Å². The summed E-state index contributed by atoms with van der Waals surface area (Å²) < 4.78 is 18.9. The number of rotatable bonds is 5. The molecule has 0 amide bonds. The van der Waals surface area contributed by atoms with Crippen LogP contribution in [-0.2, 0) is 6.61 Å². The Labute approximate surface area is 196 Å². The number of ether oxygens (including phenoxy) is 3. The average molecular weight is 546 g/mol. The van der Waals surface area contributed by atoms with Crippen molar-refractivity contribution in [3.05, 3.63) is 79.2 Å². The first-order valence-electron chi connectivity index (χ1n) is 9.30. The molecule has 0 radical (unpaired) electrons. The number of methoxy groups -OCH3 is 1. The van der Waals surface area contributed by atoms with Gasteiger partial charge in [-0.15, -0.1) is 5.10 Å². The summed E-state index contributed by atoms with van der Waals surface area (Å²) in [5, 5.41) is 16.8. The quantitative estimate of drug-likeness (QED) is 0.464. The summed E-state index contributed by atoms with van der Waals surface area (Å²) in [7, 11) is 1.58. The minimum atomic E-state index is -0.446. The Kier molecular flexibility index (Phi) is 5.94. The first-order valence-corrected chi connectivity index (χ1v) is 10.9. The number of hydrogen-bond acceptors (Lipinski definition) is 6. The monoisotopic (exact) mass is 544 g/mol. The van der Waals surface area contributed by atoms with Crippen LogP contribution in [0.5, 0.6) is 17.4 Å². The standard InChI is InChI=1S/C22H18Br2N4O3/c1-11-18-19(15(9-25)21(26)31-22(18)28-27-11)13-7-16(24)20(17(8-13)29-2)30-10-12-3-5-14(23)6-4-12/h3-8,19H,10,26H2,1-2H3,(H,27,28)/t19-/m0/s1. The Balaban J connectivity index is 1.73. The van der Waals surface area contributed by atoms with Crippen LogP contribution >= 0.6 is 31.9 Å². The normalized spacial score (nSPS) is 15.1. The number of H-pyrrole nitrogens is 1. The van der Waals surface area contributed by atoms with Gasteiger partial charge in [-0.2, -0.15) is 5.26 Å². The van der Waals surface area contributed by atoms with Crippen LogP contribution in [0.3, 0.4) is 0 Å². The molecule has 158 valence electrons. The highest BCUT2D eigenvalue weighted by Gasteiger charge is 2.35. The predicted molar refractivity (Wildman–Crippen MR) is 122 cm³/mol. The highest BCUT2D eigenvalue weighted by Crippen LogP contribution is 2.46. The number of nitriles is 1. The maximum Gasteiger partial charge on any atom is 0.244 e. The molecule has 1 aliphatic heterocycles. The lowest BCUT2D eigenvalue weighted by Crippen LogP contribution is -2.21. The van der Waals surface area contributed by atoms with Crippen LogP contribution in [0, 0.1) is 18.3 Å². The van der Waals surface area contributed by atoms with Gasteiger partial charge in [0.15, 0.2) is 11.5 Å². The lowest BCUT2D eigenvalue weighted by atomic mass is 9.84. The summed E-state index contributed by atoms with van der Waals surface area (Å²) >= 11 is 7.03. The third kappa shape index (κ3) is 4.01. The van der Waals surface area contributed by atoms with E-state index in [-0.39, 0.29) is 5.88 Å². The maximum absolute atomic E-state index is 9.76. The molecule has 2 aromatic carbocycles. The molecule has 1 aromatic heterocycles. The second-order valence-corrected chi connectivity index (χ2v) is 8.71. The first kappa shape index (κ1) is 21.3. The summed E-state index contributed by atoms with van der Waals surface area (Å²) in [6.45, 7) is 2.25. The number of allylic oxidation sites excluding steroid dienone is 1. The number of nitrogens with zero attached hydrogens (tertiary/aromatic N) is 2. The molecule has 7 nitrogen and oxygen atoms in total. The second-order valence-electron chi connectivity index (χ2n) is 6.94. The molecule has 3 aromatic rings. The van der Waals surface area contributed by atoms with E-state index >= 15 is 0 Å². The van der Waals surface area contributed by atoms with Gasteiger partial charge in [-0.05, 0) is 58.2 Å². The highest BCUT2D eigenvalue weighted by atomic mass is 79.9. The molecule has 0 spiro atoms. The van der Waals surface area contributed by atoms with E-state index in [1.54, 1.807) is 7.11 Å².